The zero-order chi connectivity index (χ0) is 24.9. The summed E-state index contributed by atoms with van der Waals surface area (Å²) < 4.78 is 10.3. The first kappa shape index (κ1) is 30.6. The van der Waals surface area contributed by atoms with E-state index in [0.29, 0.717) is 6.42 Å². The standard InChI is InChI=1S/C20H39N7O6/c1-15(2)17(12-28)26-20(31)16(6-4-5-7-22-3)25-19(30)14-33-13-18(29)23-8-10-32-11-9-24-27-21/h15-17,22,28H,4-14H2,1-3H3,(H,23,29)(H,25,30)(H,26,31). The Bertz CT molecular complexity index is 614. The SMILES string of the molecule is CNCCCCC(NC(=O)COCC(=O)NCCOCCN=[N+]=[N-])C(=O)NC(CO)C(C)C. The van der Waals surface area contributed by atoms with E-state index in [1.807, 2.05) is 20.9 Å². The lowest BCUT2D eigenvalue weighted by atomic mass is 10.0. The lowest BCUT2D eigenvalue weighted by molar-refractivity contribution is -0.134. The number of nitrogens with one attached hydrogen (secondary N) is 4. The van der Waals surface area contributed by atoms with E-state index in [0.717, 1.165) is 19.4 Å². The van der Waals surface area contributed by atoms with Crippen LogP contribution in [0.5, 0.6) is 0 Å². The zero-order valence-electron chi connectivity index (χ0n) is 19.8. The van der Waals surface area contributed by atoms with Gasteiger partial charge in [-0.1, -0.05) is 19.0 Å². The summed E-state index contributed by atoms with van der Waals surface area (Å²) in [5.74, 6) is -1.25. The van der Waals surface area contributed by atoms with Crippen LogP contribution in [0.4, 0.5) is 0 Å². The lowest BCUT2D eigenvalue weighted by Gasteiger charge is -2.24. The van der Waals surface area contributed by atoms with Crippen LogP contribution in [0.15, 0.2) is 5.11 Å². The van der Waals surface area contributed by atoms with Crippen molar-refractivity contribution in [1.82, 2.24) is 21.3 Å². The molecule has 2 atom stereocenters. The topological polar surface area (TPSA) is 187 Å². The van der Waals surface area contributed by atoms with E-state index in [-0.39, 0.29) is 57.9 Å². The highest BCUT2D eigenvalue weighted by atomic mass is 16.5. The molecule has 0 aromatic rings. The Hall–Kier alpha value is -2.44. The molecular formula is C20H39N7O6. The normalized spacial score (nSPS) is 12.5. The molecule has 0 radical (unpaired) electrons. The second kappa shape index (κ2) is 20.2. The van der Waals surface area contributed by atoms with E-state index >= 15 is 0 Å². The number of amides is 3. The number of rotatable bonds is 20. The first-order valence-electron chi connectivity index (χ1n) is 11.1. The Balaban J connectivity index is 4.37. The molecule has 13 heteroatoms. The number of hydrogen-bond donors (Lipinski definition) is 5. The quantitative estimate of drug-likeness (QED) is 0.0679. The maximum absolute atomic E-state index is 12.6. The minimum atomic E-state index is -0.762. The molecule has 0 aliphatic rings. The number of aliphatic hydroxyl groups excluding tert-OH is 1. The van der Waals surface area contributed by atoms with Crippen molar-refractivity contribution in [1.29, 1.82) is 0 Å². The van der Waals surface area contributed by atoms with Gasteiger partial charge in [-0.25, -0.2) is 0 Å². The number of carbonyl (C=O) groups is 3. The Morgan fingerprint density at radius 2 is 1.76 bits per heavy atom. The second-order valence-electron chi connectivity index (χ2n) is 7.67. The fraction of sp³-hybridized carbons (Fsp3) is 0.850. The van der Waals surface area contributed by atoms with Crippen molar-refractivity contribution in [2.75, 3.05) is 59.7 Å². The zero-order valence-corrected chi connectivity index (χ0v) is 19.8. The van der Waals surface area contributed by atoms with Crippen LogP contribution in [0.1, 0.15) is 33.1 Å². The lowest BCUT2D eigenvalue weighted by Crippen LogP contribution is -2.52. The molecule has 2 unspecified atom stereocenters. The number of aliphatic hydroxyl groups is 1. The maximum Gasteiger partial charge on any atom is 0.246 e. The van der Waals surface area contributed by atoms with Crippen LogP contribution in [0.3, 0.4) is 0 Å². The number of azide groups is 1. The first-order valence-corrected chi connectivity index (χ1v) is 11.1. The minimum absolute atomic E-state index is 0.0397. The third-order valence-electron chi connectivity index (χ3n) is 4.58. The second-order valence-corrected chi connectivity index (χ2v) is 7.67. The van der Waals surface area contributed by atoms with Gasteiger partial charge in [-0.05, 0) is 44.3 Å². The molecule has 0 aliphatic heterocycles. The molecule has 0 fully saturated rings. The summed E-state index contributed by atoms with van der Waals surface area (Å²) in [6.07, 6.45) is 2.00. The fourth-order valence-electron chi connectivity index (χ4n) is 2.66. The molecule has 0 saturated carbocycles. The van der Waals surface area contributed by atoms with Crippen molar-refractivity contribution in [3.8, 4) is 0 Å². The molecule has 0 bridgehead atoms. The van der Waals surface area contributed by atoms with E-state index in [9.17, 15) is 19.5 Å². The van der Waals surface area contributed by atoms with Crippen LogP contribution in [0.2, 0.25) is 0 Å². The van der Waals surface area contributed by atoms with Crippen LogP contribution in [0, 0.1) is 5.92 Å². The van der Waals surface area contributed by atoms with Gasteiger partial charge in [-0.2, -0.15) is 0 Å². The van der Waals surface area contributed by atoms with Gasteiger partial charge in [0.1, 0.15) is 19.3 Å². The Morgan fingerprint density at radius 3 is 2.39 bits per heavy atom. The summed E-state index contributed by atoms with van der Waals surface area (Å²) in [5.41, 5.74) is 8.13. The Kier molecular flexibility index (Phi) is 18.7. The summed E-state index contributed by atoms with van der Waals surface area (Å²) in [6.45, 7) is 4.67. The molecule has 0 aromatic heterocycles. The van der Waals surface area contributed by atoms with Gasteiger partial charge in [0.25, 0.3) is 0 Å². The fourth-order valence-corrected chi connectivity index (χ4v) is 2.66. The van der Waals surface area contributed by atoms with Gasteiger partial charge in [-0.15, -0.1) is 0 Å². The number of carbonyl (C=O) groups excluding carboxylic acids is 3. The van der Waals surface area contributed by atoms with Gasteiger partial charge in [0, 0.05) is 18.0 Å². The average Bonchev–Trinajstić information content (AvgIpc) is 2.78. The van der Waals surface area contributed by atoms with E-state index in [1.165, 1.54) is 0 Å². The van der Waals surface area contributed by atoms with Gasteiger partial charge in [0.2, 0.25) is 17.7 Å². The summed E-state index contributed by atoms with van der Waals surface area (Å²) >= 11 is 0. The molecule has 0 aromatic carbocycles. The van der Waals surface area contributed by atoms with Gasteiger partial charge in [-0.3, -0.25) is 14.4 Å². The van der Waals surface area contributed by atoms with E-state index in [4.69, 9.17) is 15.0 Å². The predicted molar refractivity (Wildman–Crippen MR) is 122 cm³/mol. The van der Waals surface area contributed by atoms with Crippen LogP contribution >= 0.6 is 0 Å². The molecule has 0 saturated heterocycles. The largest absolute Gasteiger partial charge is 0.394 e. The van der Waals surface area contributed by atoms with Crippen molar-refractivity contribution < 1.29 is 29.0 Å². The molecule has 13 nitrogen and oxygen atoms in total. The predicted octanol–water partition coefficient (Wildman–Crippen LogP) is -0.546. The summed E-state index contributed by atoms with van der Waals surface area (Å²) in [7, 11) is 1.84. The van der Waals surface area contributed by atoms with Gasteiger partial charge in [0.05, 0.1) is 25.9 Å². The van der Waals surface area contributed by atoms with E-state index in [1.54, 1.807) is 0 Å². The molecule has 33 heavy (non-hydrogen) atoms. The van der Waals surface area contributed by atoms with Crippen molar-refractivity contribution >= 4 is 17.7 Å². The van der Waals surface area contributed by atoms with Crippen LogP contribution in [-0.2, 0) is 23.9 Å². The maximum atomic E-state index is 12.6. The van der Waals surface area contributed by atoms with Crippen molar-refractivity contribution in [3.05, 3.63) is 10.4 Å². The molecule has 3 amide bonds. The summed E-state index contributed by atoms with van der Waals surface area (Å²) in [4.78, 5) is 39.2. The van der Waals surface area contributed by atoms with Crippen LogP contribution < -0.4 is 21.3 Å². The first-order chi connectivity index (χ1) is 15.8. The number of unbranched alkanes of at least 4 members (excludes halogenated alkanes) is 1. The smallest absolute Gasteiger partial charge is 0.246 e. The van der Waals surface area contributed by atoms with Gasteiger partial charge >= 0.3 is 0 Å². The average molecular weight is 474 g/mol. The molecule has 0 aliphatic carbocycles. The van der Waals surface area contributed by atoms with Gasteiger partial charge in [0.15, 0.2) is 0 Å². The number of ether oxygens (including phenoxy) is 2. The summed E-state index contributed by atoms with van der Waals surface area (Å²) in [5, 5.41) is 23.8. The highest BCUT2D eigenvalue weighted by Crippen LogP contribution is 2.05. The highest BCUT2D eigenvalue weighted by molar-refractivity contribution is 5.88. The van der Waals surface area contributed by atoms with Crippen molar-refractivity contribution in [3.63, 3.8) is 0 Å². The van der Waals surface area contributed by atoms with E-state index < -0.39 is 23.9 Å². The number of hydrogen-bond acceptors (Lipinski definition) is 8. The molecular weight excluding hydrogens is 434 g/mol. The Morgan fingerprint density at radius 1 is 1.03 bits per heavy atom. The monoisotopic (exact) mass is 473 g/mol. The van der Waals surface area contributed by atoms with Crippen molar-refractivity contribution in [2.45, 2.75) is 45.2 Å². The third-order valence-corrected chi connectivity index (χ3v) is 4.58. The minimum Gasteiger partial charge on any atom is -0.394 e. The molecule has 0 heterocycles. The Labute approximate surface area is 195 Å². The molecule has 190 valence electrons. The van der Waals surface area contributed by atoms with Gasteiger partial charge < -0.3 is 35.8 Å². The van der Waals surface area contributed by atoms with Crippen LogP contribution in [0.25, 0.3) is 10.4 Å². The molecule has 0 spiro atoms. The molecule has 0 rings (SSSR count). The van der Waals surface area contributed by atoms with E-state index in [2.05, 4.69) is 31.3 Å². The highest BCUT2D eigenvalue weighted by Gasteiger charge is 2.24. The summed E-state index contributed by atoms with van der Waals surface area (Å²) in [6, 6.07) is -1.17. The number of nitrogens with zero attached hydrogens (tertiary/aromatic N) is 3. The van der Waals surface area contributed by atoms with Crippen molar-refractivity contribution in [2.24, 2.45) is 11.0 Å². The molecule has 5 N–H and O–H groups in total. The third kappa shape index (κ3) is 16.8. The van der Waals surface area contributed by atoms with Crippen LogP contribution in [-0.4, -0.2) is 94.6 Å².